The van der Waals surface area contributed by atoms with Gasteiger partial charge in [0.15, 0.2) is 0 Å². The first kappa shape index (κ1) is 25.1. The average Bonchev–Trinajstić information content (AvgIpc) is 3.28. The molecular weight excluding hydrogens is 452 g/mol. The monoisotopic (exact) mass is 488 g/mol. The highest BCUT2D eigenvalue weighted by Gasteiger charge is 2.63. The fourth-order valence-electron chi connectivity index (χ4n) is 5.85. The van der Waals surface area contributed by atoms with Gasteiger partial charge in [-0.2, -0.15) is 0 Å². The van der Waals surface area contributed by atoms with Crippen molar-refractivity contribution in [2.45, 2.75) is 77.8 Å². The van der Waals surface area contributed by atoms with E-state index in [1.165, 1.54) is 0 Å². The van der Waals surface area contributed by atoms with Crippen molar-refractivity contribution in [2.75, 3.05) is 13.7 Å². The third-order valence-electron chi connectivity index (χ3n) is 8.14. The molecule has 0 spiro atoms. The molecule has 2 N–H and O–H groups in total. The first-order valence-electron chi connectivity index (χ1n) is 12.2. The van der Waals surface area contributed by atoms with Crippen molar-refractivity contribution in [2.24, 2.45) is 16.7 Å². The minimum absolute atomic E-state index is 0.0819. The summed E-state index contributed by atoms with van der Waals surface area (Å²) in [6, 6.07) is 5.84. The molecular formula is C27H37ClN2O4. The molecule has 1 aliphatic heterocycles. The predicted octanol–water partition coefficient (Wildman–Crippen LogP) is 5.73. The standard InChI is InChI=1S/C27H37ClN2O4/c1-25(2,3)10-8-17-6-7-19(12-21(17)28)26(4)20(9-11-34-5)16-30(24(33)29-26)22-15-27(23(31)32)13-18(22)14-27/h6-7,12,16,18,22H,8-11,13-15H2,1-5H3,(H,29,33)(H,31,32)/t18?,22?,26-,27?/m0/s1. The lowest BCUT2D eigenvalue weighted by molar-refractivity contribution is -0.153. The number of benzene rings is 1. The van der Waals surface area contributed by atoms with Gasteiger partial charge in [-0.1, -0.05) is 44.5 Å². The van der Waals surface area contributed by atoms with Gasteiger partial charge in [0, 0.05) is 24.4 Å². The molecule has 3 saturated carbocycles. The van der Waals surface area contributed by atoms with Crippen molar-refractivity contribution in [3.8, 4) is 0 Å². The van der Waals surface area contributed by atoms with Crippen LogP contribution in [0.4, 0.5) is 4.79 Å². The molecule has 186 valence electrons. The zero-order chi connectivity index (χ0) is 24.9. The number of fused-ring (bicyclic) bond motifs is 1. The van der Waals surface area contributed by atoms with Crippen LogP contribution >= 0.6 is 11.6 Å². The Kier molecular flexibility index (Phi) is 6.54. The molecule has 5 rings (SSSR count). The summed E-state index contributed by atoms with van der Waals surface area (Å²) in [7, 11) is 1.67. The summed E-state index contributed by atoms with van der Waals surface area (Å²) >= 11 is 6.71. The van der Waals surface area contributed by atoms with Gasteiger partial charge in [-0.15, -0.1) is 0 Å². The molecule has 1 unspecified atom stereocenters. The Morgan fingerprint density at radius 1 is 1.26 bits per heavy atom. The molecule has 3 aliphatic carbocycles. The van der Waals surface area contributed by atoms with Crippen LogP contribution in [0.5, 0.6) is 0 Å². The number of carbonyl (C=O) groups excluding carboxylic acids is 1. The van der Waals surface area contributed by atoms with E-state index in [-0.39, 0.29) is 23.4 Å². The highest BCUT2D eigenvalue weighted by molar-refractivity contribution is 6.31. The van der Waals surface area contributed by atoms with Crippen LogP contribution in [0.15, 0.2) is 30.0 Å². The van der Waals surface area contributed by atoms with E-state index in [4.69, 9.17) is 16.3 Å². The normalized spacial score (nSPS) is 30.6. The van der Waals surface area contributed by atoms with Gasteiger partial charge in [0.25, 0.3) is 0 Å². The lowest BCUT2D eigenvalue weighted by Gasteiger charge is -2.43. The fourth-order valence-corrected chi connectivity index (χ4v) is 6.13. The molecule has 2 bridgehead atoms. The number of carboxylic acids is 1. The molecule has 6 nitrogen and oxygen atoms in total. The molecule has 3 fully saturated rings. The second-order valence-electron chi connectivity index (χ2n) is 11.8. The van der Waals surface area contributed by atoms with Gasteiger partial charge in [-0.3, -0.25) is 9.69 Å². The predicted molar refractivity (Wildman–Crippen MR) is 133 cm³/mol. The van der Waals surface area contributed by atoms with Crippen LogP contribution in [-0.2, 0) is 21.5 Å². The smallest absolute Gasteiger partial charge is 0.322 e. The van der Waals surface area contributed by atoms with Crippen molar-refractivity contribution in [1.29, 1.82) is 0 Å². The Bertz CT molecular complexity index is 1010. The van der Waals surface area contributed by atoms with Crippen LogP contribution in [0.25, 0.3) is 0 Å². The summed E-state index contributed by atoms with van der Waals surface area (Å²) < 4.78 is 5.37. The number of carbonyl (C=O) groups is 2. The van der Waals surface area contributed by atoms with Gasteiger partial charge >= 0.3 is 12.0 Å². The number of amides is 2. The maximum absolute atomic E-state index is 13.4. The number of urea groups is 1. The SMILES string of the molecule is COCCC1=CN(C2CC3(C(=O)O)CC2C3)C(=O)N[C@@]1(C)c1ccc(CCC(C)(C)C)c(Cl)c1. The molecule has 1 aromatic carbocycles. The number of aliphatic carboxylic acids is 1. The Morgan fingerprint density at radius 2 is 1.97 bits per heavy atom. The number of nitrogens with zero attached hydrogens (tertiary/aromatic N) is 1. The number of aryl methyl sites for hydroxylation is 1. The summed E-state index contributed by atoms with van der Waals surface area (Å²) in [5.74, 6) is -0.499. The first-order chi connectivity index (χ1) is 15.9. The van der Waals surface area contributed by atoms with E-state index in [0.29, 0.717) is 37.3 Å². The van der Waals surface area contributed by atoms with Crippen molar-refractivity contribution in [1.82, 2.24) is 10.2 Å². The number of rotatable bonds is 8. The molecule has 1 heterocycles. The maximum atomic E-state index is 13.4. The molecule has 7 heteroatoms. The van der Waals surface area contributed by atoms with E-state index in [2.05, 4.69) is 38.2 Å². The van der Waals surface area contributed by atoms with Crippen molar-refractivity contribution in [3.05, 3.63) is 46.1 Å². The largest absolute Gasteiger partial charge is 0.481 e. The van der Waals surface area contributed by atoms with Crippen molar-refractivity contribution < 1.29 is 19.4 Å². The number of carboxylic acid groups (broad SMARTS) is 1. The minimum Gasteiger partial charge on any atom is -0.481 e. The molecule has 0 saturated heterocycles. The zero-order valence-electron chi connectivity index (χ0n) is 20.9. The first-order valence-corrected chi connectivity index (χ1v) is 12.6. The summed E-state index contributed by atoms with van der Waals surface area (Å²) in [4.78, 5) is 26.9. The number of hydrogen-bond donors (Lipinski definition) is 2. The number of methoxy groups -OCH3 is 1. The Morgan fingerprint density at radius 3 is 2.53 bits per heavy atom. The van der Waals surface area contributed by atoms with Crippen LogP contribution in [-0.4, -0.2) is 41.8 Å². The van der Waals surface area contributed by atoms with E-state index in [0.717, 1.165) is 29.5 Å². The van der Waals surface area contributed by atoms with Crippen LogP contribution in [0.3, 0.4) is 0 Å². The molecule has 2 atom stereocenters. The average molecular weight is 489 g/mol. The van der Waals surface area contributed by atoms with Gasteiger partial charge in [0.1, 0.15) is 0 Å². The number of ether oxygens (including phenoxy) is 1. The van der Waals surface area contributed by atoms with Gasteiger partial charge < -0.3 is 15.2 Å². The van der Waals surface area contributed by atoms with Crippen LogP contribution in [0.2, 0.25) is 5.02 Å². The van der Waals surface area contributed by atoms with E-state index in [1.807, 2.05) is 19.2 Å². The molecule has 0 radical (unpaired) electrons. The number of halogens is 1. The summed E-state index contributed by atoms with van der Waals surface area (Å²) in [6.45, 7) is 9.20. The number of hydrogen-bond acceptors (Lipinski definition) is 3. The van der Waals surface area contributed by atoms with Crippen LogP contribution in [0.1, 0.15) is 70.9 Å². The van der Waals surface area contributed by atoms with Gasteiger partial charge in [-0.05, 0) is 79.5 Å². The summed E-state index contributed by atoms with van der Waals surface area (Å²) in [6.07, 6.45) is 6.35. The lowest BCUT2D eigenvalue weighted by Crippen LogP contribution is -2.56. The molecule has 2 amide bonds. The Balaban J connectivity index is 1.62. The second kappa shape index (κ2) is 8.87. The fraction of sp³-hybridized carbons (Fsp3) is 0.630. The van der Waals surface area contributed by atoms with E-state index in [1.54, 1.807) is 12.0 Å². The molecule has 0 aromatic heterocycles. The Hall–Kier alpha value is -2.05. The van der Waals surface area contributed by atoms with E-state index in [9.17, 15) is 14.7 Å². The third-order valence-corrected chi connectivity index (χ3v) is 8.49. The topological polar surface area (TPSA) is 78.9 Å². The van der Waals surface area contributed by atoms with Crippen molar-refractivity contribution >= 4 is 23.6 Å². The van der Waals surface area contributed by atoms with E-state index >= 15 is 0 Å². The summed E-state index contributed by atoms with van der Waals surface area (Å²) in [5.41, 5.74) is 1.92. The van der Waals surface area contributed by atoms with Crippen LogP contribution < -0.4 is 5.32 Å². The van der Waals surface area contributed by atoms with Crippen LogP contribution in [0, 0.1) is 16.7 Å². The molecule has 1 aromatic rings. The lowest BCUT2D eigenvalue weighted by atomic mass is 9.69. The van der Waals surface area contributed by atoms with E-state index < -0.39 is 16.9 Å². The Labute approximate surface area is 207 Å². The third kappa shape index (κ3) is 4.47. The van der Waals surface area contributed by atoms with Gasteiger partial charge in [-0.25, -0.2) is 4.79 Å². The van der Waals surface area contributed by atoms with Gasteiger partial charge in [0.05, 0.1) is 17.6 Å². The highest BCUT2D eigenvalue weighted by atomic mass is 35.5. The second-order valence-corrected chi connectivity index (χ2v) is 12.2. The van der Waals surface area contributed by atoms with Gasteiger partial charge in [0.2, 0.25) is 0 Å². The molecule has 34 heavy (non-hydrogen) atoms. The maximum Gasteiger partial charge on any atom is 0.322 e. The quantitative estimate of drug-likeness (QED) is 0.489. The highest BCUT2D eigenvalue weighted by Crippen LogP contribution is 2.60. The minimum atomic E-state index is -0.738. The molecule has 4 aliphatic rings. The van der Waals surface area contributed by atoms with Crippen molar-refractivity contribution in [3.63, 3.8) is 0 Å². The summed E-state index contributed by atoms with van der Waals surface area (Å²) in [5, 5.41) is 13.6. The zero-order valence-corrected chi connectivity index (χ0v) is 21.7. The number of nitrogens with one attached hydrogen (secondary N) is 1.